The number of fused-ring (bicyclic) bond motifs is 1. The number of nitrogens with zero attached hydrogens (tertiary/aromatic N) is 2. The first kappa shape index (κ1) is 16.5. The van der Waals surface area contributed by atoms with Crippen LogP contribution in [0.1, 0.15) is 17.4 Å². The summed E-state index contributed by atoms with van der Waals surface area (Å²) in [4.78, 5) is 12.2. The second-order valence-electron chi connectivity index (χ2n) is 4.93. The van der Waals surface area contributed by atoms with Crippen molar-refractivity contribution in [1.82, 2.24) is 8.75 Å². The van der Waals surface area contributed by atoms with E-state index in [1.807, 2.05) is 0 Å². The first-order valence-electron chi connectivity index (χ1n) is 6.83. The average molecular weight is 358 g/mol. The van der Waals surface area contributed by atoms with Crippen molar-refractivity contribution in [3.8, 4) is 22.8 Å². The minimum Gasteiger partial charge on any atom is -0.455 e. The maximum absolute atomic E-state index is 13.3. The van der Waals surface area contributed by atoms with Crippen molar-refractivity contribution in [2.45, 2.75) is 19.3 Å². The lowest BCUT2D eigenvalue weighted by Crippen LogP contribution is -2.26. The molecule has 3 rings (SSSR count). The van der Waals surface area contributed by atoms with Gasteiger partial charge in [-0.3, -0.25) is 0 Å². The van der Waals surface area contributed by atoms with Gasteiger partial charge in [0, 0.05) is 7.11 Å². The SMILES string of the molecule is COCC(C)OC(=O)c1nsnc1-c1cccc2c1OC(F)(F)O2. The minimum absolute atomic E-state index is 0.0878. The summed E-state index contributed by atoms with van der Waals surface area (Å²) < 4.78 is 53.5. The molecule has 0 N–H and O–H groups in total. The Bertz CT molecular complexity index is 767. The predicted octanol–water partition coefficient (Wildman–Crippen LogP) is 2.72. The third-order valence-corrected chi connectivity index (χ3v) is 3.60. The average Bonchev–Trinajstić information content (AvgIpc) is 3.09. The lowest BCUT2D eigenvalue weighted by atomic mass is 10.1. The smallest absolute Gasteiger partial charge is 0.455 e. The zero-order chi connectivity index (χ0) is 17.3. The van der Waals surface area contributed by atoms with E-state index in [9.17, 15) is 13.6 Å². The number of carbonyl (C=O) groups is 1. The fourth-order valence-corrected chi connectivity index (χ4v) is 2.71. The van der Waals surface area contributed by atoms with Gasteiger partial charge < -0.3 is 18.9 Å². The number of halogens is 2. The lowest BCUT2D eigenvalue weighted by Gasteiger charge is -2.11. The number of para-hydroxylation sites is 1. The van der Waals surface area contributed by atoms with Gasteiger partial charge in [-0.1, -0.05) is 6.07 Å². The van der Waals surface area contributed by atoms with E-state index in [-0.39, 0.29) is 35.1 Å². The number of rotatable bonds is 5. The third kappa shape index (κ3) is 3.15. The van der Waals surface area contributed by atoms with Crippen LogP contribution in [0.4, 0.5) is 8.78 Å². The van der Waals surface area contributed by atoms with Crippen LogP contribution in [0.5, 0.6) is 11.5 Å². The maximum Gasteiger partial charge on any atom is 0.586 e. The van der Waals surface area contributed by atoms with E-state index >= 15 is 0 Å². The fourth-order valence-electron chi connectivity index (χ4n) is 2.16. The Morgan fingerprint density at radius 2 is 2.17 bits per heavy atom. The topological polar surface area (TPSA) is 79.8 Å². The third-order valence-electron chi connectivity index (χ3n) is 3.08. The van der Waals surface area contributed by atoms with Crippen LogP contribution in [0.15, 0.2) is 18.2 Å². The second kappa shape index (κ2) is 6.29. The molecule has 128 valence electrons. The Morgan fingerprint density at radius 3 is 2.92 bits per heavy atom. The van der Waals surface area contributed by atoms with Gasteiger partial charge in [-0.15, -0.1) is 8.78 Å². The summed E-state index contributed by atoms with van der Waals surface area (Å²) in [6.45, 7) is 1.86. The van der Waals surface area contributed by atoms with E-state index in [4.69, 9.17) is 9.47 Å². The van der Waals surface area contributed by atoms with Gasteiger partial charge >= 0.3 is 12.3 Å². The quantitative estimate of drug-likeness (QED) is 0.760. The maximum atomic E-state index is 13.3. The van der Waals surface area contributed by atoms with Gasteiger partial charge in [-0.05, 0) is 19.1 Å². The van der Waals surface area contributed by atoms with Crippen LogP contribution >= 0.6 is 11.7 Å². The summed E-state index contributed by atoms with van der Waals surface area (Å²) in [6, 6.07) is 4.30. The number of benzene rings is 1. The monoisotopic (exact) mass is 358 g/mol. The van der Waals surface area contributed by atoms with Crippen LogP contribution in [0.3, 0.4) is 0 Å². The Balaban J connectivity index is 1.93. The normalized spacial score (nSPS) is 16.0. The standard InChI is InChI=1S/C14H12F2N2O5S/c1-7(6-20-2)21-13(19)11-10(17-24-18-11)8-4-3-5-9-12(8)23-14(15,16)22-9/h3-5,7H,6H2,1-2H3. The van der Waals surface area contributed by atoms with Crippen molar-refractivity contribution in [1.29, 1.82) is 0 Å². The van der Waals surface area contributed by atoms with Crippen molar-refractivity contribution < 1.29 is 32.5 Å². The highest BCUT2D eigenvalue weighted by Gasteiger charge is 2.45. The molecule has 0 saturated heterocycles. The molecule has 0 radical (unpaired) electrons. The van der Waals surface area contributed by atoms with Gasteiger partial charge in [0.25, 0.3) is 0 Å². The molecular formula is C14H12F2N2O5S. The molecule has 2 aromatic rings. The van der Waals surface area contributed by atoms with Crippen molar-refractivity contribution in [2.75, 3.05) is 13.7 Å². The Morgan fingerprint density at radius 1 is 1.38 bits per heavy atom. The minimum atomic E-state index is -3.77. The Kier molecular flexibility index (Phi) is 4.33. The molecule has 0 amide bonds. The molecule has 0 fully saturated rings. The van der Waals surface area contributed by atoms with E-state index < -0.39 is 18.4 Å². The number of esters is 1. The highest BCUT2D eigenvalue weighted by Crippen LogP contribution is 2.47. The van der Waals surface area contributed by atoms with Gasteiger partial charge in [0.05, 0.1) is 23.9 Å². The fraction of sp³-hybridized carbons (Fsp3) is 0.357. The largest absolute Gasteiger partial charge is 0.586 e. The number of ether oxygens (including phenoxy) is 4. The van der Waals surface area contributed by atoms with Crippen molar-refractivity contribution in [2.24, 2.45) is 0 Å². The first-order chi connectivity index (χ1) is 11.4. The van der Waals surface area contributed by atoms with E-state index in [0.29, 0.717) is 0 Å². The molecule has 1 aliphatic rings. The summed E-state index contributed by atoms with van der Waals surface area (Å²) in [6.07, 6.45) is -4.27. The number of alkyl halides is 2. The van der Waals surface area contributed by atoms with Crippen LogP contribution < -0.4 is 9.47 Å². The van der Waals surface area contributed by atoms with E-state index in [2.05, 4.69) is 18.2 Å². The lowest BCUT2D eigenvalue weighted by molar-refractivity contribution is -0.286. The van der Waals surface area contributed by atoms with Crippen LogP contribution in [-0.2, 0) is 9.47 Å². The van der Waals surface area contributed by atoms with E-state index in [1.54, 1.807) is 6.92 Å². The summed E-state index contributed by atoms with van der Waals surface area (Å²) in [5.41, 5.74) is 0.174. The highest BCUT2D eigenvalue weighted by atomic mass is 32.1. The van der Waals surface area contributed by atoms with Crippen LogP contribution in [-0.4, -0.2) is 40.8 Å². The van der Waals surface area contributed by atoms with Crippen LogP contribution in [0, 0.1) is 0 Å². The van der Waals surface area contributed by atoms with Crippen molar-refractivity contribution in [3.63, 3.8) is 0 Å². The van der Waals surface area contributed by atoms with Crippen molar-refractivity contribution in [3.05, 3.63) is 23.9 Å². The summed E-state index contributed by atoms with van der Waals surface area (Å²) in [5.74, 6) is -1.07. The zero-order valence-corrected chi connectivity index (χ0v) is 13.4. The molecule has 10 heteroatoms. The van der Waals surface area contributed by atoms with Gasteiger partial charge in [0.15, 0.2) is 17.2 Å². The molecule has 1 unspecified atom stereocenters. The predicted molar refractivity (Wildman–Crippen MR) is 78.3 cm³/mol. The van der Waals surface area contributed by atoms with Crippen molar-refractivity contribution >= 4 is 17.7 Å². The molecule has 24 heavy (non-hydrogen) atoms. The molecule has 2 heterocycles. The number of aromatic nitrogens is 2. The van der Waals surface area contributed by atoms with E-state index in [1.165, 1.54) is 25.3 Å². The van der Waals surface area contributed by atoms with Gasteiger partial charge in [-0.2, -0.15) is 8.75 Å². The molecule has 0 spiro atoms. The molecule has 7 nitrogen and oxygen atoms in total. The van der Waals surface area contributed by atoms with Gasteiger partial charge in [-0.25, -0.2) is 4.79 Å². The molecule has 0 bridgehead atoms. The summed E-state index contributed by atoms with van der Waals surface area (Å²) in [5, 5.41) is 0. The molecule has 1 aromatic carbocycles. The molecular weight excluding hydrogens is 346 g/mol. The van der Waals surface area contributed by atoms with Gasteiger partial charge in [0.2, 0.25) is 0 Å². The van der Waals surface area contributed by atoms with Crippen LogP contribution in [0.25, 0.3) is 11.3 Å². The molecule has 0 aliphatic carbocycles. The number of carbonyl (C=O) groups excluding carboxylic acids is 1. The second-order valence-corrected chi connectivity index (χ2v) is 5.46. The number of methoxy groups -OCH3 is 1. The van der Waals surface area contributed by atoms with Crippen LogP contribution in [0.2, 0.25) is 0 Å². The summed E-state index contributed by atoms with van der Waals surface area (Å²) in [7, 11) is 1.48. The Hall–Kier alpha value is -2.33. The Labute approximate surface area is 139 Å². The van der Waals surface area contributed by atoms with Gasteiger partial charge in [0.1, 0.15) is 11.8 Å². The molecule has 1 aliphatic heterocycles. The highest BCUT2D eigenvalue weighted by molar-refractivity contribution is 6.99. The zero-order valence-electron chi connectivity index (χ0n) is 12.6. The molecule has 1 aromatic heterocycles. The van der Waals surface area contributed by atoms with E-state index in [0.717, 1.165) is 11.7 Å². The molecule has 1 atom stereocenters. The first-order valence-corrected chi connectivity index (χ1v) is 7.56. The summed E-state index contributed by atoms with van der Waals surface area (Å²) >= 11 is 0.759. The number of hydrogen-bond acceptors (Lipinski definition) is 8. The number of hydrogen-bond donors (Lipinski definition) is 0. The molecule has 0 saturated carbocycles.